The van der Waals surface area contributed by atoms with Gasteiger partial charge in [-0.1, -0.05) is 18.2 Å². The Morgan fingerprint density at radius 2 is 1.92 bits per heavy atom. The Morgan fingerprint density at radius 3 is 2.65 bits per heavy atom. The molecule has 0 spiro atoms. The maximum atomic E-state index is 10.8. The molecule has 0 aliphatic heterocycles. The van der Waals surface area contributed by atoms with E-state index in [1.165, 1.54) is 23.5 Å². The second-order valence-corrected chi connectivity index (χ2v) is 6.30. The molecule has 0 aliphatic rings. The Kier molecular flexibility index (Phi) is 3.94. The zero-order valence-corrected chi connectivity index (χ0v) is 14.0. The average Bonchev–Trinajstić information content (AvgIpc) is 3.17. The fourth-order valence-electron chi connectivity index (χ4n) is 2.58. The predicted molar refractivity (Wildman–Crippen MR) is 96.8 cm³/mol. The first-order valence-corrected chi connectivity index (χ1v) is 8.45. The van der Waals surface area contributed by atoms with Crippen molar-refractivity contribution in [3.05, 3.63) is 75.6 Å². The lowest BCUT2D eigenvalue weighted by molar-refractivity contribution is -0.384. The number of thiazole rings is 1. The molecule has 8 heteroatoms. The highest BCUT2D eigenvalue weighted by molar-refractivity contribution is 7.13. The van der Waals surface area contributed by atoms with Gasteiger partial charge in [-0.15, -0.1) is 11.3 Å². The normalized spacial score (nSPS) is 11.8. The van der Waals surface area contributed by atoms with E-state index in [9.17, 15) is 15.3 Å². The van der Waals surface area contributed by atoms with Gasteiger partial charge < -0.3 is 9.62 Å². The Bertz CT molecular complexity index is 1180. The Morgan fingerprint density at radius 1 is 1.15 bits per heavy atom. The minimum atomic E-state index is -0.443. The molecular formula is C18H11N3O4S. The van der Waals surface area contributed by atoms with E-state index in [4.69, 9.17) is 4.42 Å². The van der Waals surface area contributed by atoms with E-state index in [0.29, 0.717) is 21.8 Å². The van der Waals surface area contributed by atoms with Crippen molar-refractivity contribution in [3.63, 3.8) is 0 Å². The zero-order chi connectivity index (χ0) is 18.1. The van der Waals surface area contributed by atoms with Crippen molar-refractivity contribution in [1.29, 1.82) is 0 Å². The summed E-state index contributed by atoms with van der Waals surface area (Å²) >= 11 is 1.37. The average molecular weight is 365 g/mol. The molecular weight excluding hydrogens is 354 g/mol. The van der Waals surface area contributed by atoms with E-state index < -0.39 is 4.92 Å². The van der Waals surface area contributed by atoms with Gasteiger partial charge in [-0.25, -0.2) is 4.98 Å². The third-order valence-corrected chi connectivity index (χ3v) is 4.73. The second-order valence-electron chi connectivity index (χ2n) is 5.44. The number of benzene rings is 2. The van der Waals surface area contributed by atoms with E-state index >= 15 is 0 Å². The van der Waals surface area contributed by atoms with Crippen LogP contribution in [0.2, 0.25) is 0 Å². The number of hydrogen-bond donors (Lipinski definition) is 1. The molecule has 0 fully saturated rings. The van der Waals surface area contributed by atoms with Crippen molar-refractivity contribution in [2.75, 3.05) is 0 Å². The molecule has 2 aromatic carbocycles. The first kappa shape index (κ1) is 16.0. The molecule has 0 aliphatic carbocycles. The number of fused-ring (bicyclic) bond motifs is 1. The van der Waals surface area contributed by atoms with Gasteiger partial charge in [0, 0.05) is 28.5 Å². The summed E-state index contributed by atoms with van der Waals surface area (Å²) in [6.45, 7) is 0. The molecule has 0 unspecified atom stereocenters. The number of aromatic nitrogens is 1. The van der Waals surface area contributed by atoms with Gasteiger partial charge in [-0.3, -0.25) is 10.1 Å². The van der Waals surface area contributed by atoms with Crippen LogP contribution in [0.15, 0.2) is 69.6 Å². The first-order valence-electron chi connectivity index (χ1n) is 7.57. The summed E-state index contributed by atoms with van der Waals surface area (Å²) in [5.74, 6) is 0. The van der Waals surface area contributed by atoms with Crippen LogP contribution in [0.3, 0.4) is 0 Å². The third kappa shape index (κ3) is 2.82. The minimum Gasteiger partial charge on any atom is -0.435 e. The molecule has 128 valence electrons. The van der Waals surface area contributed by atoms with E-state index in [1.807, 2.05) is 29.6 Å². The summed E-state index contributed by atoms with van der Waals surface area (Å²) in [5, 5.41) is 26.6. The van der Waals surface area contributed by atoms with Crippen molar-refractivity contribution in [2.24, 2.45) is 5.16 Å². The number of rotatable bonds is 3. The molecule has 1 N–H and O–H groups in total. The van der Waals surface area contributed by atoms with Crippen LogP contribution in [0.1, 0.15) is 0 Å². The topological polar surface area (TPSA) is 102 Å². The van der Waals surface area contributed by atoms with Gasteiger partial charge in [-0.2, -0.15) is 0 Å². The number of nitrogens with zero attached hydrogens (tertiary/aromatic N) is 3. The fraction of sp³-hybridized carbons (Fsp3) is 0. The molecule has 2 heterocycles. The van der Waals surface area contributed by atoms with Gasteiger partial charge in [0.1, 0.15) is 10.6 Å². The third-order valence-electron chi connectivity index (χ3n) is 3.86. The summed E-state index contributed by atoms with van der Waals surface area (Å²) in [6.07, 6.45) is 0. The molecule has 0 saturated heterocycles. The fourth-order valence-corrected chi connectivity index (χ4v) is 3.42. The van der Waals surface area contributed by atoms with Crippen LogP contribution in [-0.4, -0.2) is 15.1 Å². The number of non-ortho nitro benzene ring substituents is 1. The largest absolute Gasteiger partial charge is 0.435 e. The van der Waals surface area contributed by atoms with Crippen LogP contribution >= 0.6 is 11.3 Å². The smallest absolute Gasteiger partial charge is 0.269 e. The van der Waals surface area contributed by atoms with Gasteiger partial charge in [0.05, 0.1) is 16.2 Å². The van der Waals surface area contributed by atoms with Crippen LogP contribution < -0.4 is 5.55 Å². The van der Waals surface area contributed by atoms with Crippen LogP contribution in [0.4, 0.5) is 5.69 Å². The second kappa shape index (κ2) is 6.41. The van der Waals surface area contributed by atoms with Gasteiger partial charge in [0.2, 0.25) is 0 Å². The summed E-state index contributed by atoms with van der Waals surface area (Å²) in [6, 6.07) is 15.4. The van der Waals surface area contributed by atoms with Crippen LogP contribution in [-0.2, 0) is 0 Å². The molecule has 0 atom stereocenters. The standard InChI is InChI=1S/C18H11N3O4S/c22-20-17-14(9-12-3-1-2-4-16(12)25-17)18-19-15(10-26-18)11-5-7-13(8-6-11)21(23)24/h1-10,22H/b20-17-. The molecule has 2 aromatic heterocycles. The molecule has 0 amide bonds. The van der Waals surface area contributed by atoms with Crippen molar-refractivity contribution in [3.8, 4) is 21.8 Å². The van der Waals surface area contributed by atoms with Gasteiger partial charge >= 0.3 is 0 Å². The Hall–Kier alpha value is -3.52. The number of para-hydroxylation sites is 1. The zero-order valence-electron chi connectivity index (χ0n) is 13.2. The molecule has 0 saturated carbocycles. The minimum absolute atomic E-state index is 0.0268. The Labute approximate surface area is 150 Å². The summed E-state index contributed by atoms with van der Waals surface area (Å²) in [7, 11) is 0. The molecule has 0 bridgehead atoms. The van der Waals surface area contributed by atoms with Crippen LogP contribution in [0.5, 0.6) is 0 Å². The van der Waals surface area contributed by atoms with Gasteiger partial charge in [-0.05, 0) is 29.4 Å². The predicted octanol–water partition coefficient (Wildman–Crippen LogP) is 4.42. The van der Waals surface area contributed by atoms with E-state index in [2.05, 4.69) is 10.1 Å². The molecule has 26 heavy (non-hydrogen) atoms. The van der Waals surface area contributed by atoms with Crippen molar-refractivity contribution in [2.45, 2.75) is 0 Å². The highest BCUT2D eigenvalue weighted by Gasteiger charge is 2.13. The van der Waals surface area contributed by atoms with E-state index in [-0.39, 0.29) is 11.2 Å². The van der Waals surface area contributed by atoms with Crippen LogP contribution in [0, 0.1) is 10.1 Å². The quantitative estimate of drug-likeness (QED) is 0.329. The first-order chi connectivity index (χ1) is 12.7. The monoisotopic (exact) mass is 365 g/mol. The number of nitro benzene ring substituents is 1. The van der Waals surface area contributed by atoms with Gasteiger partial charge in [0.15, 0.2) is 0 Å². The summed E-state index contributed by atoms with van der Waals surface area (Å²) < 4.78 is 5.63. The highest BCUT2D eigenvalue weighted by Crippen LogP contribution is 2.29. The van der Waals surface area contributed by atoms with Crippen molar-refractivity contribution in [1.82, 2.24) is 4.98 Å². The molecule has 4 aromatic rings. The molecule has 4 rings (SSSR count). The van der Waals surface area contributed by atoms with Crippen molar-refractivity contribution >= 4 is 28.0 Å². The molecule has 7 nitrogen and oxygen atoms in total. The van der Waals surface area contributed by atoms with Crippen LogP contribution in [0.25, 0.3) is 32.8 Å². The lowest BCUT2D eigenvalue weighted by atomic mass is 10.1. The maximum Gasteiger partial charge on any atom is 0.269 e. The van der Waals surface area contributed by atoms with E-state index in [0.717, 1.165) is 10.9 Å². The number of hydrogen-bond acceptors (Lipinski definition) is 7. The molecule has 0 radical (unpaired) electrons. The Balaban J connectivity index is 1.78. The highest BCUT2D eigenvalue weighted by atomic mass is 32.1. The van der Waals surface area contributed by atoms with E-state index in [1.54, 1.807) is 18.2 Å². The SMILES string of the molecule is O=[N+]([O-])c1ccc(-c2csc(-c3cc4ccccc4o/c3=N\O)n2)cc1. The van der Waals surface area contributed by atoms with Gasteiger partial charge in [0.25, 0.3) is 11.2 Å². The lowest BCUT2D eigenvalue weighted by Gasteiger charge is -2.01. The maximum absolute atomic E-state index is 10.8. The summed E-state index contributed by atoms with van der Waals surface area (Å²) in [4.78, 5) is 14.9. The number of nitro groups is 1. The lowest BCUT2D eigenvalue weighted by Crippen LogP contribution is -2.05. The van der Waals surface area contributed by atoms with Crippen molar-refractivity contribution < 1.29 is 14.5 Å². The summed E-state index contributed by atoms with van der Waals surface area (Å²) in [5.41, 5.74) is 2.73.